The van der Waals surface area contributed by atoms with Crippen LogP contribution in [-0.4, -0.2) is 11.5 Å². The maximum absolute atomic E-state index is 5.69. The molecule has 0 aliphatic rings. The van der Waals surface area contributed by atoms with Crippen LogP contribution in [0.2, 0.25) is 4.34 Å². The molecule has 0 saturated carbocycles. The molecule has 1 aromatic heterocycles. The Bertz CT molecular complexity index is 272. The van der Waals surface area contributed by atoms with Crippen molar-refractivity contribution in [2.45, 2.75) is 6.54 Å². The summed E-state index contributed by atoms with van der Waals surface area (Å²) < 4.78 is 0.705. The zero-order valence-electron chi connectivity index (χ0n) is 6.31. The topological polar surface area (TPSA) is 24.9 Å². The van der Waals surface area contributed by atoms with Crippen LogP contribution in [0.5, 0.6) is 0 Å². The molecule has 0 aromatic carbocycles. The summed E-state index contributed by atoms with van der Waals surface area (Å²) in [5.74, 6) is 0. The quantitative estimate of drug-likeness (QED) is 0.848. The molecule has 1 aromatic rings. The van der Waals surface area contributed by atoms with Crippen molar-refractivity contribution in [2.75, 3.05) is 6.54 Å². The number of hydrogen-bond donors (Lipinski definition) is 1. The smallest absolute Gasteiger partial charge is 0.113 e. The SMILES string of the molecule is C=C(Cl)CNCc1ncc(Cl)s1. The van der Waals surface area contributed by atoms with Gasteiger partial charge in [-0.15, -0.1) is 11.3 Å². The molecule has 0 radical (unpaired) electrons. The summed E-state index contributed by atoms with van der Waals surface area (Å²) in [4.78, 5) is 4.06. The molecule has 0 bridgehead atoms. The van der Waals surface area contributed by atoms with Gasteiger partial charge in [0.25, 0.3) is 0 Å². The highest BCUT2D eigenvalue weighted by Gasteiger charge is 1.98. The first-order chi connectivity index (χ1) is 5.68. The fraction of sp³-hybridized carbons (Fsp3) is 0.286. The summed E-state index contributed by atoms with van der Waals surface area (Å²) in [6, 6.07) is 0. The van der Waals surface area contributed by atoms with Gasteiger partial charge in [-0.3, -0.25) is 0 Å². The summed E-state index contributed by atoms with van der Waals surface area (Å²) in [7, 11) is 0. The Morgan fingerprint density at radius 1 is 1.75 bits per heavy atom. The molecule has 0 atom stereocenters. The van der Waals surface area contributed by atoms with Crippen molar-refractivity contribution >= 4 is 34.5 Å². The van der Waals surface area contributed by atoms with Gasteiger partial charge in [0.15, 0.2) is 0 Å². The van der Waals surface area contributed by atoms with Crippen LogP contribution < -0.4 is 5.32 Å². The van der Waals surface area contributed by atoms with Crippen LogP contribution in [0.1, 0.15) is 5.01 Å². The molecule has 5 heteroatoms. The number of thiazole rings is 1. The minimum atomic E-state index is 0.595. The second-order valence-electron chi connectivity index (χ2n) is 2.18. The van der Waals surface area contributed by atoms with E-state index in [4.69, 9.17) is 23.2 Å². The van der Waals surface area contributed by atoms with Crippen LogP contribution in [0, 0.1) is 0 Å². The van der Waals surface area contributed by atoms with Gasteiger partial charge < -0.3 is 5.32 Å². The summed E-state index contributed by atoms with van der Waals surface area (Å²) in [6.07, 6.45) is 1.64. The first-order valence-corrected chi connectivity index (χ1v) is 4.90. The van der Waals surface area contributed by atoms with Gasteiger partial charge in [-0.05, 0) is 0 Å². The zero-order chi connectivity index (χ0) is 8.97. The molecule has 0 aliphatic carbocycles. The third-order valence-electron chi connectivity index (χ3n) is 1.12. The molecule has 0 saturated heterocycles. The molecule has 0 spiro atoms. The van der Waals surface area contributed by atoms with Crippen LogP contribution in [0.3, 0.4) is 0 Å². The summed E-state index contributed by atoms with van der Waals surface area (Å²) in [5, 5.41) is 4.62. The van der Waals surface area contributed by atoms with E-state index >= 15 is 0 Å². The fourth-order valence-electron chi connectivity index (χ4n) is 0.675. The second kappa shape index (κ2) is 4.82. The van der Waals surface area contributed by atoms with Crippen molar-refractivity contribution in [3.63, 3.8) is 0 Å². The Balaban J connectivity index is 2.29. The number of hydrogen-bond acceptors (Lipinski definition) is 3. The number of nitrogens with one attached hydrogen (secondary N) is 1. The second-order valence-corrected chi connectivity index (χ2v) is 4.46. The molecule has 0 amide bonds. The maximum atomic E-state index is 5.69. The highest BCUT2D eigenvalue weighted by atomic mass is 35.5. The largest absolute Gasteiger partial charge is 0.305 e. The number of nitrogens with zero attached hydrogens (tertiary/aromatic N) is 1. The molecule has 0 unspecified atom stereocenters. The monoisotopic (exact) mass is 222 g/mol. The van der Waals surface area contributed by atoms with E-state index in [1.165, 1.54) is 11.3 Å². The minimum absolute atomic E-state index is 0.595. The Morgan fingerprint density at radius 3 is 3.00 bits per heavy atom. The lowest BCUT2D eigenvalue weighted by Gasteiger charge is -1.98. The van der Waals surface area contributed by atoms with Crippen molar-refractivity contribution in [1.29, 1.82) is 0 Å². The lowest BCUT2D eigenvalue weighted by molar-refractivity contribution is 0.750. The maximum Gasteiger partial charge on any atom is 0.113 e. The van der Waals surface area contributed by atoms with Crippen LogP contribution >= 0.6 is 34.5 Å². The third-order valence-corrected chi connectivity index (χ3v) is 2.37. The standard InChI is InChI=1S/C7H8Cl2N2S/c1-5(8)2-10-4-7-11-3-6(9)12-7/h3,10H,1-2,4H2. The summed E-state index contributed by atoms with van der Waals surface area (Å²) >= 11 is 12.7. The van der Waals surface area contributed by atoms with Gasteiger partial charge in [0, 0.05) is 18.1 Å². The zero-order valence-corrected chi connectivity index (χ0v) is 8.64. The third kappa shape index (κ3) is 3.54. The summed E-state index contributed by atoms with van der Waals surface area (Å²) in [6.45, 7) is 4.83. The predicted molar refractivity (Wildman–Crippen MR) is 53.8 cm³/mol. The average Bonchev–Trinajstić information content (AvgIpc) is 2.35. The fourth-order valence-corrected chi connectivity index (χ4v) is 1.70. The first kappa shape index (κ1) is 9.99. The van der Waals surface area contributed by atoms with Crippen LogP contribution in [0.15, 0.2) is 17.8 Å². The molecule has 0 aliphatic heterocycles. The van der Waals surface area contributed by atoms with Crippen molar-refractivity contribution in [1.82, 2.24) is 10.3 Å². The average molecular weight is 223 g/mol. The lowest BCUT2D eigenvalue weighted by Crippen LogP contribution is -2.14. The highest BCUT2D eigenvalue weighted by Crippen LogP contribution is 2.17. The van der Waals surface area contributed by atoms with Gasteiger partial charge in [-0.25, -0.2) is 4.98 Å². The molecule has 0 fully saturated rings. The van der Waals surface area contributed by atoms with E-state index in [-0.39, 0.29) is 0 Å². The van der Waals surface area contributed by atoms with Gasteiger partial charge >= 0.3 is 0 Å². The van der Waals surface area contributed by atoms with E-state index in [0.29, 0.717) is 22.5 Å². The Hall–Kier alpha value is -0.0900. The van der Waals surface area contributed by atoms with E-state index in [2.05, 4.69) is 16.9 Å². The van der Waals surface area contributed by atoms with Crippen LogP contribution in [-0.2, 0) is 6.54 Å². The normalized spacial score (nSPS) is 10.2. The van der Waals surface area contributed by atoms with E-state index in [1.54, 1.807) is 6.20 Å². The highest BCUT2D eigenvalue weighted by molar-refractivity contribution is 7.15. The molecular weight excluding hydrogens is 215 g/mol. The van der Waals surface area contributed by atoms with Gasteiger partial charge in [0.05, 0.1) is 6.20 Å². The number of halogens is 2. The van der Waals surface area contributed by atoms with E-state index in [0.717, 1.165) is 5.01 Å². The first-order valence-electron chi connectivity index (χ1n) is 3.32. The lowest BCUT2D eigenvalue weighted by atomic mass is 10.5. The predicted octanol–water partition coefficient (Wildman–Crippen LogP) is 2.64. The van der Waals surface area contributed by atoms with Crippen LogP contribution in [0.4, 0.5) is 0 Å². The Kier molecular flexibility index (Phi) is 4.01. The van der Waals surface area contributed by atoms with Gasteiger partial charge in [0.2, 0.25) is 0 Å². The van der Waals surface area contributed by atoms with E-state index in [9.17, 15) is 0 Å². The van der Waals surface area contributed by atoms with Crippen molar-refractivity contribution in [2.24, 2.45) is 0 Å². The van der Waals surface area contributed by atoms with Gasteiger partial charge in [-0.1, -0.05) is 29.8 Å². The van der Waals surface area contributed by atoms with Crippen LogP contribution in [0.25, 0.3) is 0 Å². The van der Waals surface area contributed by atoms with Gasteiger partial charge in [0.1, 0.15) is 9.34 Å². The molecule has 1 N–H and O–H groups in total. The number of rotatable bonds is 4. The van der Waals surface area contributed by atoms with Crippen molar-refractivity contribution in [3.8, 4) is 0 Å². The molecule has 2 nitrogen and oxygen atoms in total. The molecule has 12 heavy (non-hydrogen) atoms. The van der Waals surface area contributed by atoms with E-state index < -0.39 is 0 Å². The van der Waals surface area contributed by atoms with E-state index in [1.807, 2.05) is 0 Å². The molecule has 1 rings (SSSR count). The molecule has 1 heterocycles. The van der Waals surface area contributed by atoms with Crippen molar-refractivity contribution in [3.05, 3.63) is 27.2 Å². The summed E-state index contributed by atoms with van der Waals surface area (Å²) in [5.41, 5.74) is 0. The Labute approximate surface area is 85.2 Å². The minimum Gasteiger partial charge on any atom is -0.305 e. The number of aromatic nitrogens is 1. The molecular formula is C7H8Cl2N2S. The van der Waals surface area contributed by atoms with Gasteiger partial charge in [-0.2, -0.15) is 0 Å². The van der Waals surface area contributed by atoms with Crippen molar-refractivity contribution < 1.29 is 0 Å². The Morgan fingerprint density at radius 2 is 2.50 bits per heavy atom. The molecule has 66 valence electrons.